The van der Waals surface area contributed by atoms with Crippen molar-refractivity contribution in [1.82, 2.24) is 0 Å². The summed E-state index contributed by atoms with van der Waals surface area (Å²) in [5.41, 5.74) is -1.06. The van der Waals surface area contributed by atoms with E-state index < -0.39 is 33.1 Å². The lowest BCUT2D eigenvalue weighted by Gasteiger charge is -2.11. The van der Waals surface area contributed by atoms with Crippen LogP contribution in [0.25, 0.3) is 0 Å². The normalized spacial score (nSPS) is 11.1. The number of halogens is 2. The van der Waals surface area contributed by atoms with Gasteiger partial charge in [-0.1, -0.05) is 28.1 Å². The van der Waals surface area contributed by atoms with Gasteiger partial charge in [-0.3, -0.25) is 4.72 Å². The molecule has 0 aliphatic carbocycles. The first kappa shape index (κ1) is 15.5. The zero-order valence-electron chi connectivity index (χ0n) is 10.4. The molecule has 0 saturated carbocycles. The quantitative estimate of drug-likeness (QED) is 0.862. The van der Waals surface area contributed by atoms with Gasteiger partial charge in [0, 0.05) is 4.47 Å². The molecule has 0 spiro atoms. The maximum atomic E-state index is 13.7. The first-order chi connectivity index (χ1) is 9.81. The van der Waals surface area contributed by atoms with E-state index in [0.717, 1.165) is 12.1 Å². The summed E-state index contributed by atoms with van der Waals surface area (Å²) in [7, 11) is -4.10. The van der Waals surface area contributed by atoms with E-state index >= 15 is 0 Å². The van der Waals surface area contributed by atoms with Crippen LogP contribution in [0.3, 0.4) is 0 Å². The summed E-state index contributed by atoms with van der Waals surface area (Å²) in [5, 5.41) is 8.99. The van der Waals surface area contributed by atoms with Crippen molar-refractivity contribution in [3.63, 3.8) is 0 Å². The Morgan fingerprint density at radius 1 is 1.19 bits per heavy atom. The van der Waals surface area contributed by atoms with E-state index in [1.54, 1.807) is 6.07 Å². The number of carbonyl (C=O) groups is 1. The second kappa shape index (κ2) is 5.82. The molecule has 2 aromatic rings. The van der Waals surface area contributed by atoms with Crippen LogP contribution < -0.4 is 4.72 Å². The molecule has 2 N–H and O–H groups in total. The average molecular weight is 374 g/mol. The molecule has 0 aliphatic rings. The fourth-order valence-electron chi connectivity index (χ4n) is 1.63. The van der Waals surface area contributed by atoms with E-state index in [0.29, 0.717) is 4.47 Å². The third kappa shape index (κ3) is 3.40. The molecule has 2 rings (SSSR count). The zero-order chi connectivity index (χ0) is 15.6. The van der Waals surface area contributed by atoms with Crippen molar-refractivity contribution in [1.29, 1.82) is 0 Å². The Hall–Kier alpha value is -1.93. The number of benzene rings is 2. The van der Waals surface area contributed by atoms with Gasteiger partial charge in [0.2, 0.25) is 0 Å². The molecule has 0 aliphatic heterocycles. The molecular weight excluding hydrogens is 365 g/mol. The van der Waals surface area contributed by atoms with Gasteiger partial charge < -0.3 is 5.11 Å². The molecule has 0 saturated heterocycles. The van der Waals surface area contributed by atoms with E-state index in [4.69, 9.17) is 5.11 Å². The highest BCUT2D eigenvalue weighted by molar-refractivity contribution is 9.10. The third-order valence-electron chi connectivity index (χ3n) is 2.59. The standard InChI is InChI=1S/C13H9BrFNO4S/c14-8-3-1-4-9(7-8)21(19,20)16-12-10(13(17)18)5-2-6-11(12)15/h1-7,16H,(H,17,18). The van der Waals surface area contributed by atoms with Crippen LogP contribution in [0.5, 0.6) is 0 Å². The molecule has 5 nitrogen and oxygen atoms in total. The van der Waals surface area contributed by atoms with Crippen LogP contribution in [0.1, 0.15) is 10.4 Å². The molecule has 0 fully saturated rings. The number of rotatable bonds is 4. The summed E-state index contributed by atoms with van der Waals surface area (Å²) in [6, 6.07) is 9.05. The van der Waals surface area contributed by atoms with Gasteiger partial charge in [-0.2, -0.15) is 0 Å². The van der Waals surface area contributed by atoms with Crippen LogP contribution in [0.2, 0.25) is 0 Å². The van der Waals surface area contributed by atoms with Gasteiger partial charge in [-0.05, 0) is 30.3 Å². The number of hydrogen-bond donors (Lipinski definition) is 2. The summed E-state index contributed by atoms with van der Waals surface area (Å²) >= 11 is 3.13. The highest BCUT2D eigenvalue weighted by Gasteiger charge is 2.21. The predicted octanol–water partition coefficient (Wildman–Crippen LogP) is 3.09. The molecule has 0 amide bonds. The van der Waals surface area contributed by atoms with Crippen LogP contribution in [-0.4, -0.2) is 19.5 Å². The van der Waals surface area contributed by atoms with Crippen molar-refractivity contribution in [2.24, 2.45) is 0 Å². The lowest BCUT2D eigenvalue weighted by molar-refractivity contribution is 0.0697. The molecule has 8 heteroatoms. The minimum Gasteiger partial charge on any atom is -0.478 e. The minimum atomic E-state index is -4.10. The van der Waals surface area contributed by atoms with Gasteiger partial charge in [0.05, 0.1) is 16.1 Å². The number of carboxylic acid groups (broad SMARTS) is 1. The summed E-state index contributed by atoms with van der Waals surface area (Å²) in [5.74, 6) is -2.39. The molecule has 0 unspecified atom stereocenters. The van der Waals surface area contributed by atoms with Crippen molar-refractivity contribution < 1.29 is 22.7 Å². The van der Waals surface area contributed by atoms with E-state index in [1.165, 1.54) is 24.3 Å². The molecule has 0 bridgehead atoms. The zero-order valence-corrected chi connectivity index (χ0v) is 12.8. The van der Waals surface area contributed by atoms with Crippen molar-refractivity contribution in [2.75, 3.05) is 4.72 Å². The van der Waals surface area contributed by atoms with Crippen molar-refractivity contribution in [3.8, 4) is 0 Å². The monoisotopic (exact) mass is 373 g/mol. The first-order valence-corrected chi connectivity index (χ1v) is 7.89. The highest BCUT2D eigenvalue weighted by Crippen LogP contribution is 2.24. The fourth-order valence-corrected chi connectivity index (χ4v) is 3.32. The Labute approximate surface area is 128 Å². The molecule has 0 aromatic heterocycles. The SMILES string of the molecule is O=C(O)c1cccc(F)c1NS(=O)(=O)c1cccc(Br)c1. The summed E-state index contributed by atoms with van der Waals surface area (Å²) in [6.07, 6.45) is 0. The maximum absolute atomic E-state index is 13.7. The van der Waals surface area contributed by atoms with E-state index in [9.17, 15) is 17.6 Å². The lowest BCUT2D eigenvalue weighted by atomic mass is 10.2. The Bertz CT molecular complexity index is 808. The molecule has 110 valence electrons. The Balaban J connectivity index is 2.49. The van der Waals surface area contributed by atoms with Crippen LogP contribution in [0.4, 0.5) is 10.1 Å². The third-order valence-corrected chi connectivity index (χ3v) is 4.43. The van der Waals surface area contributed by atoms with Crippen LogP contribution in [-0.2, 0) is 10.0 Å². The van der Waals surface area contributed by atoms with E-state index in [2.05, 4.69) is 15.9 Å². The Kier molecular flexibility index (Phi) is 4.29. The van der Waals surface area contributed by atoms with Crippen LogP contribution in [0, 0.1) is 5.82 Å². The highest BCUT2D eigenvalue weighted by atomic mass is 79.9. The number of carboxylic acids is 1. The van der Waals surface area contributed by atoms with Crippen molar-refractivity contribution in [3.05, 3.63) is 58.3 Å². The number of sulfonamides is 1. The van der Waals surface area contributed by atoms with E-state index in [-0.39, 0.29) is 4.90 Å². The molecule has 2 aromatic carbocycles. The fraction of sp³-hybridized carbons (Fsp3) is 0. The molecular formula is C13H9BrFNO4S. The van der Waals surface area contributed by atoms with Crippen molar-refractivity contribution in [2.45, 2.75) is 4.90 Å². The molecule has 0 atom stereocenters. The second-order valence-electron chi connectivity index (χ2n) is 4.03. The summed E-state index contributed by atoms with van der Waals surface area (Å²) in [6.45, 7) is 0. The van der Waals surface area contributed by atoms with Crippen LogP contribution >= 0.6 is 15.9 Å². The predicted molar refractivity (Wildman–Crippen MR) is 78.3 cm³/mol. The first-order valence-electron chi connectivity index (χ1n) is 5.61. The Morgan fingerprint density at radius 3 is 2.48 bits per heavy atom. The lowest BCUT2D eigenvalue weighted by Crippen LogP contribution is -2.16. The average Bonchev–Trinajstić information content (AvgIpc) is 2.40. The largest absolute Gasteiger partial charge is 0.478 e. The number of aromatic carboxylic acids is 1. The number of anilines is 1. The van der Waals surface area contributed by atoms with Gasteiger partial charge in [0.15, 0.2) is 0 Å². The van der Waals surface area contributed by atoms with Gasteiger partial charge in [0.25, 0.3) is 10.0 Å². The molecule has 0 heterocycles. The summed E-state index contributed by atoms with van der Waals surface area (Å²) in [4.78, 5) is 10.9. The number of para-hydroxylation sites is 1. The van der Waals surface area contributed by atoms with Gasteiger partial charge in [-0.25, -0.2) is 17.6 Å². The van der Waals surface area contributed by atoms with Gasteiger partial charge in [0.1, 0.15) is 5.82 Å². The smallest absolute Gasteiger partial charge is 0.337 e. The molecule has 21 heavy (non-hydrogen) atoms. The second-order valence-corrected chi connectivity index (χ2v) is 6.63. The van der Waals surface area contributed by atoms with E-state index in [1.807, 2.05) is 4.72 Å². The van der Waals surface area contributed by atoms with Crippen molar-refractivity contribution >= 4 is 37.6 Å². The molecule has 0 radical (unpaired) electrons. The summed E-state index contributed by atoms with van der Waals surface area (Å²) < 4.78 is 40.6. The maximum Gasteiger partial charge on any atom is 0.337 e. The van der Waals surface area contributed by atoms with Gasteiger partial charge >= 0.3 is 5.97 Å². The topological polar surface area (TPSA) is 83.5 Å². The minimum absolute atomic E-state index is 0.114. The van der Waals surface area contributed by atoms with Gasteiger partial charge in [-0.15, -0.1) is 0 Å². The Morgan fingerprint density at radius 2 is 1.86 bits per heavy atom. The van der Waals surface area contributed by atoms with Crippen LogP contribution in [0.15, 0.2) is 51.8 Å². The number of hydrogen-bond acceptors (Lipinski definition) is 3. The number of nitrogens with one attached hydrogen (secondary N) is 1.